The Balaban J connectivity index is 2.38. The Morgan fingerprint density at radius 1 is 1.40 bits per heavy atom. The summed E-state index contributed by atoms with van der Waals surface area (Å²) in [5.74, 6) is 0.814. The van der Waals surface area contributed by atoms with E-state index in [1.807, 2.05) is 11.7 Å². The standard InChI is InChI=1S/C12H22N2S/c1-4-14-11(7-5-6-10(2)3)12-8-13-9-15-12/h8-11,14H,4-7H2,1-3H3. The van der Waals surface area contributed by atoms with Gasteiger partial charge in [-0.05, 0) is 18.9 Å². The fraction of sp³-hybridized carbons (Fsp3) is 0.750. The second-order valence-corrected chi connectivity index (χ2v) is 5.26. The third-order valence-electron chi connectivity index (χ3n) is 2.52. The van der Waals surface area contributed by atoms with E-state index >= 15 is 0 Å². The van der Waals surface area contributed by atoms with Crippen molar-refractivity contribution in [2.75, 3.05) is 6.54 Å². The molecule has 0 aliphatic heterocycles. The van der Waals surface area contributed by atoms with Crippen molar-refractivity contribution >= 4 is 11.3 Å². The monoisotopic (exact) mass is 226 g/mol. The van der Waals surface area contributed by atoms with Gasteiger partial charge >= 0.3 is 0 Å². The van der Waals surface area contributed by atoms with Crippen molar-refractivity contribution in [1.29, 1.82) is 0 Å². The molecule has 1 unspecified atom stereocenters. The summed E-state index contributed by atoms with van der Waals surface area (Å²) in [4.78, 5) is 5.52. The van der Waals surface area contributed by atoms with Gasteiger partial charge in [0.1, 0.15) is 0 Å². The smallest absolute Gasteiger partial charge is 0.0794 e. The number of nitrogens with one attached hydrogen (secondary N) is 1. The van der Waals surface area contributed by atoms with Crippen molar-refractivity contribution < 1.29 is 0 Å². The number of nitrogens with zero attached hydrogens (tertiary/aromatic N) is 1. The van der Waals surface area contributed by atoms with Crippen LogP contribution in [0.25, 0.3) is 0 Å². The molecule has 0 radical (unpaired) electrons. The molecule has 1 N–H and O–H groups in total. The lowest BCUT2D eigenvalue weighted by molar-refractivity contribution is 0.459. The molecule has 0 aromatic carbocycles. The Labute approximate surface area is 97.1 Å². The molecule has 1 heterocycles. The first-order chi connectivity index (χ1) is 7.24. The highest BCUT2D eigenvalue weighted by molar-refractivity contribution is 7.09. The Kier molecular flexibility index (Phi) is 5.88. The lowest BCUT2D eigenvalue weighted by atomic mass is 10.0. The van der Waals surface area contributed by atoms with E-state index in [0.29, 0.717) is 6.04 Å². The Hall–Kier alpha value is -0.410. The largest absolute Gasteiger partial charge is 0.309 e. The Bertz CT molecular complexity index is 244. The van der Waals surface area contributed by atoms with Crippen LogP contribution in [0.4, 0.5) is 0 Å². The molecule has 0 saturated heterocycles. The summed E-state index contributed by atoms with van der Waals surface area (Å²) in [5.41, 5.74) is 1.92. The topological polar surface area (TPSA) is 24.9 Å². The van der Waals surface area contributed by atoms with Crippen LogP contribution < -0.4 is 5.32 Å². The second-order valence-electron chi connectivity index (χ2n) is 4.34. The lowest BCUT2D eigenvalue weighted by Crippen LogP contribution is -2.20. The molecule has 86 valence electrons. The number of hydrogen-bond donors (Lipinski definition) is 1. The molecule has 0 spiro atoms. The predicted molar refractivity (Wildman–Crippen MR) is 67.2 cm³/mol. The van der Waals surface area contributed by atoms with Gasteiger partial charge in [-0.15, -0.1) is 11.3 Å². The van der Waals surface area contributed by atoms with E-state index in [-0.39, 0.29) is 0 Å². The van der Waals surface area contributed by atoms with Crippen LogP contribution in [-0.4, -0.2) is 11.5 Å². The van der Waals surface area contributed by atoms with Gasteiger partial charge in [-0.1, -0.05) is 33.6 Å². The van der Waals surface area contributed by atoms with Crippen molar-refractivity contribution in [2.24, 2.45) is 5.92 Å². The van der Waals surface area contributed by atoms with Crippen molar-refractivity contribution in [2.45, 2.75) is 46.1 Å². The van der Waals surface area contributed by atoms with Crippen molar-refractivity contribution in [1.82, 2.24) is 10.3 Å². The summed E-state index contributed by atoms with van der Waals surface area (Å²) >= 11 is 1.76. The van der Waals surface area contributed by atoms with Crippen LogP contribution >= 0.6 is 11.3 Å². The summed E-state index contributed by atoms with van der Waals surface area (Å²) < 4.78 is 0. The van der Waals surface area contributed by atoms with E-state index in [2.05, 4.69) is 31.1 Å². The maximum atomic E-state index is 4.15. The molecule has 0 amide bonds. The molecule has 0 saturated carbocycles. The molecular weight excluding hydrogens is 204 g/mol. The van der Waals surface area contributed by atoms with Gasteiger partial charge in [0.2, 0.25) is 0 Å². The zero-order valence-electron chi connectivity index (χ0n) is 9.99. The first kappa shape index (κ1) is 12.7. The summed E-state index contributed by atoms with van der Waals surface area (Å²) in [6.45, 7) is 7.77. The molecule has 1 atom stereocenters. The minimum Gasteiger partial charge on any atom is -0.309 e. The first-order valence-corrected chi connectivity index (χ1v) is 6.73. The quantitative estimate of drug-likeness (QED) is 0.768. The van der Waals surface area contributed by atoms with Gasteiger partial charge in [-0.2, -0.15) is 0 Å². The third-order valence-corrected chi connectivity index (χ3v) is 3.41. The average Bonchev–Trinajstić information content (AvgIpc) is 2.68. The van der Waals surface area contributed by atoms with Crippen molar-refractivity contribution in [3.05, 3.63) is 16.6 Å². The van der Waals surface area contributed by atoms with E-state index in [0.717, 1.165) is 12.5 Å². The molecule has 0 aliphatic carbocycles. The Morgan fingerprint density at radius 2 is 2.20 bits per heavy atom. The van der Waals surface area contributed by atoms with Gasteiger partial charge in [0.15, 0.2) is 0 Å². The normalized spacial score (nSPS) is 13.3. The van der Waals surface area contributed by atoms with Crippen molar-refractivity contribution in [3.63, 3.8) is 0 Å². The van der Waals surface area contributed by atoms with E-state index < -0.39 is 0 Å². The zero-order chi connectivity index (χ0) is 11.1. The Morgan fingerprint density at radius 3 is 2.73 bits per heavy atom. The minimum absolute atomic E-state index is 0.515. The first-order valence-electron chi connectivity index (χ1n) is 5.85. The molecule has 0 bridgehead atoms. The molecule has 1 aromatic heterocycles. The van der Waals surface area contributed by atoms with E-state index in [1.54, 1.807) is 11.3 Å². The summed E-state index contributed by atoms with van der Waals surface area (Å²) in [6, 6.07) is 0.515. The van der Waals surface area contributed by atoms with Gasteiger partial charge in [-0.25, -0.2) is 0 Å². The summed E-state index contributed by atoms with van der Waals surface area (Å²) in [7, 11) is 0. The van der Waals surface area contributed by atoms with Gasteiger partial charge in [0.25, 0.3) is 0 Å². The molecule has 1 aromatic rings. The molecule has 1 rings (SSSR count). The summed E-state index contributed by atoms with van der Waals surface area (Å²) in [6.07, 6.45) is 5.84. The van der Waals surface area contributed by atoms with E-state index in [4.69, 9.17) is 0 Å². The van der Waals surface area contributed by atoms with Gasteiger partial charge < -0.3 is 5.32 Å². The van der Waals surface area contributed by atoms with Crippen LogP contribution in [0.5, 0.6) is 0 Å². The number of aromatic nitrogens is 1. The minimum atomic E-state index is 0.515. The van der Waals surface area contributed by atoms with Crippen LogP contribution in [0.1, 0.15) is 51.0 Å². The van der Waals surface area contributed by atoms with Gasteiger partial charge in [-0.3, -0.25) is 4.98 Å². The van der Waals surface area contributed by atoms with Crippen LogP contribution in [-0.2, 0) is 0 Å². The SMILES string of the molecule is CCNC(CCCC(C)C)c1cncs1. The van der Waals surface area contributed by atoms with Crippen LogP contribution in [0, 0.1) is 5.92 Å². The second kappa shape index (κ2) is 6.96. The highest BCUT2D eigenvalue weighted by Gasteiger charge is 2.11. The van der Waals surface area contributed by atoms with Crippen LogP contribution in [0.15, 0.2) is 11.7 Å². The molecule has 15 heavy (non-hydrogen) atoms. The number of hydrogen-bond acceptors (Lipinski definition) is 3. The average molecular weight is 226 g/mol. The van der Waals surface area contributed by atoms with Gasteiger partial charge in [0, 0.05) is 17.1 Å². The molecule has 0 aliphatic rings. The molecule has 3 heteroatoms. The fourth-order valence-electron chi connectivity index (χ4n) is 1.72. The molecule has 2 nitrogen and oxygen atoms in total. The maximum absolute atomic E-state index is 4.15. The molecular formula is C12H22N2S. The van der Waals surface area contributed by atoms with E-state index in [1.165, 1.54) is 24.1 Å². The van der Waals surface area contributed by atoms with Crippen LogP contribution in [0.3, 0.4) is 0 Å². The molecule has 0 fully saturated rings. The van der Waals surface area contributed by atoms with E-state index in [9.17, 15) is 0 Å². The lowest BCUT2D eigenvalue weighted by Gasteiger charge is -2.16. The highest BCUT2D eigenvalue weighted by atomic mass is 32.1. The van der Waals surface area contributed by atoms with Crippen molar-refractivity contribution in [3.8, 4) is 0 Å². The van der Waals surface area contributed by atoms with Crippen LogP contribution in [0.2, 0.25) is 0 Å². The van der Waals surface area contributed by atoms with Gasteiger partial charge in [0.05, 0.1) is 5.51 Å². The third kappa shape index (κ3) is 4.76. The fourth-order valence-corrected chi connectivity index (χ4v) is 2.45. The summed E-state index contributed by atoms with van der Waals surface area (Å²) in [5, 5.41) is 3.53. The predicted octanol–water partition coefficient (Wildman–Crippen LogP) is 3.62. The highest BCUT2D eigenvalue weighted by Crippen LogP contribution is 2.23. The number of rotatable bonds is 7. The number of thiazole rings is 1. The maximum Gasteiger partial charge on any atom is 0.0794 e. The zero-order valence-corrected chi connectivity index (χ0v) is 10.8.